The highest BCUT2D eigenvalue weighted by Crippen LogP contribution is 2.29. The largest absolute Gasteiger partial charge is 0.309 e. The molecule has 0 radical (unpaired) electrons. The van der Waals surface area contributed by atoms with Crippen molar-refractivity contribution in [3.05, 3.63) is 15.8 Å². The maximum atomic E-state index is 12.7. The Bertz CT molecular complexity index is 548. The summed E-state index contributed by atoms with van der Waals surface area (Å²) in [6.45, 7) is 7.70. The molecule has 114 valence electrons. The molecule has 1 aliphatic rings. The third kappa shape index (κ3) is 3.61. The Morgan fingerprint density at radius 3 is 2.65 bits per heavy atom. The van der Waals surface area contributed by atoms with E-state index in [4.69, 9.17) is 0 Å². The third-order valence-corrected chi connectivity index (χ3v) is 6.79. The third-order valence-electron chi connectivity index (χ3n) is 3.51. The van der Waals surface area contributed by atoms with Crippen LogP contribution in [0.2, 0.25) is 0 Å². The first-order chi connectivity index (χ1) is 9.48. The first-order valence-electron chi connectivity index (χ1n) is 7.31. The molecule has 0 atom stereocenters. The van der Waals surface area contributed by atoms with Gasteiger partial charge < -0.3 is 5.32 Å². The first kappa shape index (κ1) is 15.9. The molecule has 1 aromatic heterocycles. The Morgan fingerprint density at radius 2 is 2.10 bits per heavy atom. The molecule has 0 spiro atoms. The van der Waals surface area contributed by atoms with Gasteiger partial charge in [-0.1, -0.05) is 13.8 Å². The molecule has 0 amide bonds. The van der Waals surface area contributed by atoms with Gasteiger partial charge in [-0.2, -0.15) is 4.31 Å². The lowest BCUT2D eigenvalue weighted by molar-refractivity contribution is 0.427. The molecule has 1 aliphatic carbocycles. The number of hydrogen-bond donors (Lipinski definition) is 1. The molecule has 0 unspecified atom stereocenters. The Morgan fingerprint density at radius 1 is 1.40 bits per heavy atom. The molecule has 0 aliphatic heterocycles. The summed E-state index contributed by atoms with van der Waals surface area (Å²) in [5.74, 6) is 0. The van der Waals surface area contributed by atoms with Crippen molar-refractivity contribution in [3.63, 3.8) is 0 Å². The van der Waals surface area contributed by atoms with Crippen LogP contribution in [0.25, 0.3) is 0 Å². The SMILES string of the molecule is CCCN(CC)S(=O)(=O)c1cc(CNC2CC2)sc1C. The molecular weight excluding hydrogens is 292 g/mol. The molecule has 1 fully saturated rings. The van der Waals surface area contributed by atoms with Gasteiger partial charge in [0.1, 0.15) is 0 Å². The van der Waals surface area contributed by atoms with Crippen LogP contribution in [-0.2, 0) is 16.6 Å². The van der Waals surface area contributed by atoms with Crippen LogP contribution >= 0.6 is 11.3 Å². The maximum Gasteiger partial charge on any atom is 0.244 e. The topological polar surface area (TPSA) is 49.4 Å². The fourth-order valence-electron chi connectivity index (χ4n) is 2.24. The molecular formula is C14H24N2O2S2. The normalized spacial score (nSPS) is 16.0. The second kappa shape index (κ2) is 6.56. The summed E-state index contributed by atoms with van der Waals surface area (Å²) in [4.78, 5) is 2.50. The van der Waals surface area contributed by atoms with Gasteiger partial charge in [0.15, 0.2) is 0 Å². The van der Waals surface area contributed by atoms with Crippen molar-refractivity contribution in [1.82, 2.24) is 9.62 Å². The van der Waals surface area contributed by atoms with E-state index in [0.717, 1.165) is 22.7 Å². The molecule has 1 aromatic rings. The Labute approximate surface area is 126 Å². The molecule has 0 bridgehead atoms. The van der Waals surface area contributed by atoms with E-state index in [0.29, 0.717) is 24.0 Å². The van der Waals surface area contributed by atoms with Gasteiger partial charge in [0.2, 0.25) is 10.0 Å². The zero-order valence-electron chi connectivity index (χ0n) is 12.5. The maximum absolute atomic E-state index is 12.7. The van der Waals surface area contributed by atoms with E-state index < -0.39 is 10.0 Å². The average molecular weight is 316 g/mol. The lowest BCUT2D eigenvalue weighted by atomic mass is 10.4. The zero-order chi connectivity index (χ0) is 14.8. The van der Waals surface area contributed by atoms with E-state index in [1.165, 1.54) is 12.8 Å². The summed E-state index contributed by atoms with van der Waals surface area (Å²) in [6.07, 6.45) is 3.33. The van der Waals surface area contributed by atoms with Crippen molar-refractivity contribution in [1.29, 1.82) is 0 Å². The summed E-state index contributed by atoms with van der Waals surface area (Å²) in [5, 5.41) is 3.44. The number of nitrogens with zero attached hydrogens (tertiary/aromatic N) is 1. The Kier molecular flexibility index (Phi) is 5.23. The lowest BCUT2D eigenvalue weighted by Gasteiger charge is -2.19. The summed E-state index contributed by atoms with van der Waals surface area (Å²) < 4.78 is 26.9. The van der Waals surface area contributed by atoms with Gasteiger partial charge in [0.25, 0.3) is 0 Å². The van der Waals surface area contributed by atoms with Crippen molar-refractivity contribution in [2.24, 2.45) is 0 Å². The molecule has 1 heterocycles. The summed E-state index contributed by atoms with van der Waals surface area (Å²) in [7, 11) is -3.33. The van der Waals surface area contributed by atoms with Crippen LogP contribution in [0, 0.1) is 6.92 Å². The van der Waals surface area contributed by atoms with Crippen LogP contribution < -0.4 is 5.32 Å². The van der Waals surface area contributed by atoms with Crippen LogP contribution in [0.1, 0.15) is 42.9 Å². The number of sulfonamides is 1. The van der Waals surface area contributed by atoms with Crippen LogP contribution in [0.15, 0.2) is 11.0 Å². The molecule has 1 saturated carbocycles. The lowest BCUT2D eigenvalue weighted by Crippen LogP contribution is -2.31. The number of aryl methyl sites for hydroxylation is 1. The molecule has 20 heavy (non-hydrogen) atoms. The van der Waals surface area contributed by atoms with Gasteiger partial charge in [-0.05, 0) is 32.3 Å². The van der Waals surface area contributed by atoms with Crippen molar-refractivity contribution in [2.75, 3.05) is 13.1 Å². The van der Waals surface area contributed by atoms with E-state index in [9.17, 15) is 8.42 Å². The van der Waals surface area contributed by atoms with E-state index in [2.05, 4.69) is 5.32 Å². The highest BCUT2D eigenvalue weighted by atomic mass is 32.2. The molecule has 0 saturated heterocycles. The quantitative estimate of drug-likeness (QED) is 0.802. The molecule has 4 nitrogen and oxygen atoms in total. The zero-order valence-corrected chi connectivity index (χ0v) is 14.1. The van der Waals surface area contributed by atoms with Gasteiger partial charge in [-0.3, -0.25) is 0 Å². The average Bonchev–Trinajstić information content (AvgIpc) is 3.15. The van der Waals surface area contributed by atoms with Crippen molar-refractivity contribution in [3.8, 4) is 0 Å². The van der Waals surface area contributed by atoms with Crippen LogP contribution in [0.5, 0.6) is 0 Å². The summed E-state index contributed by atoms with van der Waals surface area (Å²) in [6, 6.07) is 2.49. The molecule has 1 N–H and O–H groups in total. The fraction of sp³-hybridized carbons (Fsp3) is 0.714. The van der Waals surface area contributed by atoms with Gasteiger partial charge in [0, 0.05) is 35.4 Å². The number of thiophene rings is 1. The van der Waals surface area contributed by atoms with Crippen molar-refractivity contribution < 1.29 is 8.42 Å². The van der Waals surface area contributed by atoms with Crippen LogP contribution in [-0.4, -0.2) is 31.9 Å². The fourth-order valence-corrected chi connectivity index (χ4v) is 5.33. The van der Waals surface area contributed by atoms with Gasteiger partial charge in [0.05, 0.1) is 4.90 Å². The van der Waals surface area contributed by atoms with E-state index >= 15 is 0 Å². The standard InChI is InChI=1S/C14H24N2O2S2/c1-4-8-16(5-2)20(17,18)14-9-13(19-11(14)3)10-15-12-6-7-12/h9,12,15H,4-8,10H2,1-3H3. The second-order valence-electron chi connectivity index (χ2n) is 5.29. The Hall–Kier alpha value is -0.430. The second-order valence-corrected chi connectivity index (χ2v) is 8.53. The first-order valence-corrected chi connectivity index (χ1v) is 9.57. The summed E-state index contributed by atoms with van der Waals surface area (Å²) in [5.41, 5.74) is 0. The predicted molar refractivity (Wildman–Crippen MR) is 83.6 cm³/mol. The highest BCUT2D eigenvalue weighted by molar-refractivity contribution is 7.89. The van der Waals surface area contributed by atoms with Gasteiger partial charge in [-0.25, -0.2) is 8.42 Å². The van der Waals surface area contributed by atoms with Crippen LogP contribution in [0.4, 0.5) is 0 Å². The predicted octanol–water partition coefficient (Wildman–Crippen LogP) is 2.73. The van der Waals surface area contributed by atoms with E-state index in [-0.39, 0.29) is 0 Å². The van der Waals surface area contributed by atoms with Crippen molar-refractivity contribution in [2.45, 2.75) is 57.5 Å². The van der Waals surface area contributed by atoms with Crippen LogP contribution in [0.3, 0.4) is 0 Å². The van der Waals surface area contributed by atoms with Gasteiger partial charge >= 0.3 is 0 Å². The van der Waals surface area contributed by atoms with Crippen molar-refractivity contribution >= 4 is 21.4 Å². The van der Waals surface area contributed by atoms with E-state index in [1.807, 2.05) is 26.8 Å². The monoisotopic (exact) mass is 316 g/mol. The smallest absolute Gasteiger partial charge is 0.244 e. The minimum absolute atomic E-state index is 0.491. The van der Waals surface area contributed by atoms with Gasteiger partial charge in [-0.15, -0.1) is 11.3 Å². The molecule has 6 heteroatoms. The molecule has 0 aromatic carbocycles. The minimum Gasteiger partial charge on any atom is -0.309 e. The number of hydrogen-bond acceptors (Lipinski definition) is 4. The number of nitrogens with one attached hydrogen (secondary N) is 1. The van der Waals surface area contributed by atoms with E-state index in [1.54, 1.807) is 15.6 Å². The highest BCUT2D eigenvalue weighted by Gasteiger charge is 2.26. The minimum atomic E-state index is -3.33. The summed E-state index contributed by atoms with van der Waals surface area (Å²) >= 11 is 1.59. The number of rotatable bonds is 8. The molecule has 2 rings (SSSR count). The Balaban J connectivity index is 2.16.